The molecule has 184 valence electrons. The zero-order valence-electron chi connectivity index (χ0n) is 19.3. The third kappa shape index (κ3) is 5.51. The average molecular weight is 517 g/mol. The van der Waals surface area contributed by atoms with Crippen LogP contribution < -0.4 is 5.43 Å². The molecule has 1 fully saturated rings. The molecule has 0 atom stereocenters. The van der Waals surface area contributed by atoms with Crippen LogP contribution in [0.25, 0.3) is 17.1 Å². The molecular weight excluding hydrogens is 491 g/mol. The Morgan fingerprint density at radius 2 is 1.80 bits per heavy atom. The van der Waals surface area contributed by atoms with Crippen molar-refractivity contribution in [2.45, 2.75) is 32.8 Å². The van der Waals surface area contributed by atoms with E-state index in [0.717, 1.165) is 32.4 Å². The van der Waals surface area contributed by atoms with E-state index < -0.39 is 18.5 Å². The standard InChI is InChI=1S/C25H26Cl2N4O4/c1-2-35-25(34)16-6-9-18(10-7-16)31-21(15-32)22(24(33)29-30-12-4-3-5-13-30)28-23(31)19-11-8-17(26)14-20(19)27/h6-11,14,32H,2-5,12-13,15H2,1H3,(H,29,33). The number of rotatable bonds is 7. The number of hydrazine groups is 1. The first-order valence-electron chi connectivity index (χ1n) is 11.4. The second-order valence-corrected chi connectivity index (χ2v) is 8.95. The molecule has 1 aliphatic heterocycles. The van der Waals surface area contributed by atoms with Crippen LogP contribution in [-0.2, 0) is 11.3 Å². The number of hydrogen-bond acceptors (Lipinski definition) is 6. The van der Waals surface area contributed by atoms with E-state index in [9.17, 15) is 14.7 Å². The number of esters is 1. The lowest BCUT2D eigenvalue weighted by Gasteiger charge is -2.26. The predicted molar refractivity (Wildman–Crippen MR) is 134 cm³/mol. The summed E-state index contributed by atoms with van der Waals surface area (Å²) in [5, 5.41) is 13.0. The minimum Gasteiger partial charge on any atom is -0.462 e. The topological polar surface area (TPSA) is 96.7 Å². The highest BCUT2D eigenvalue weighted by Crippen LogP contribution is 2.33. The summed E-state index contributed by atoms with van der Waals surface area (Å²) in [6, 6.07) is 11.6. The van der Waals surface area contributed by atoms with Gasteiger partial charge < -0.3 is 9.84 Å². The second-order valence-electron chi connectivity index (χ2n) is 8.10. The number of imidazole rings is 1. The number of halogens is 2. The number of benzene rings is 2. The molecule has 1 saturated heterocycles. The number of hydrogen-bond donors (Lipinski definition) is 2. The third-order valence-corrected chi connectivity index (χ3v) is 6.31. The summed E-state index contributed by atoms with van der Waals surface area (Å²) in [6.07, 6.45) is 3.13. The van der Waals surface area contributed by atoms with Crippen LogP contribution in [0.15, 0.2) is 42.5 Å². The number of nitrogens with one attached hydrogen (secondary N) is 1. The highest BCUT2D eigenvalue weighted by molar-refractivity contribution is 6.36. The van der Waals surface area contributed by atoms with Gasteiger partial charge in [0.1, 0.15) is 5.82 Å². The number of amides is 1. The quantitative estimate of drug-likeness (QED) is 0.443. The molecule has 2 aromatic carbocycles. The van der Waals surface area contributed by atoms with Crippen LogP contribution in [0.4, 0.5) is 0 Å². The van der Waals surface area contributed by atoms with Gasteiger partial charge in [-0.3, -0.25) is 14.8 Å². The number of aliphatic hydroxyl groups is 1. The highest BCUT2D eigenvalue weighted by atomic mass is 35.5. The van der Waals surface area contributed by atoms with Gasteiger partial charge in [0.15, 0.2) is 5.69 Å². The highest BCUT2D eigenvalue weighted by Gasteiger charge is 2.26. The molecule has 0 unspecified atom stereocenters. The van der Waals surface area contributed by atoms with Crippen LogP contribution in [0.2, 0.25) is 10.0 Å². The lowest BCUT2D eigenvalue weighted by Crippen LogP contribution is -2.45. The van der Waals surface area contributed by atoms with Crippen molar-refractivity contribution < 1.29 is 19.4 Å². The van der Waals surface area contributed by atoms with Crippen LogP contribution in [0.3, 0.4) is 0 Å². The molecule has 0 spiro atoms. The van der Waals surface area contributed by atoms with E-state index in [4.69, 9.17) is 27.9 Å². The summed E-state index contributed by atoms with van der Waals surface area (Å²) in [5.41, 5.74) is 4.81. The van der Waals surface area contributed by atoms with E-state index in [1.165, 1.54) is 0 Å². The number of carbonyl (C=O) groups is 2. The van der Waals surface area contributed by atoms with Crippen molar-refractivity contribution in [1.29, 1.82) is 0 Å². The molecule has 0 saturated carbocycles. The molecule has 0 aliphatic carbocycles. The lowest BCUT2D eigenvalue weighted by molar-refractivity contribution is 0.0526. The van der Waals surface area contributed by atoms with Gasteiger partial charge in [0.2, 0.25) is 0 Å². The van der Waals surface area contributed by atoms with Gasteiger partial charge in [-0.15, -0.1) is 0 Å². The van der Waals surface area contributed by atoms with Gasteiger partial charge in [-0.1, -0.05) is 29.6 Å². The fraction of sp³-hybridized carbons (Fsp3) is 0.320. The second kappa shape index (κ2) is 11.2. The third-order valence-electron chi connectivity index (χ3n) is 5.76. The lowest BCUT2D eigenvalue weighted by atomic mass is 10.1. The fourth-order valence-corrected chi connectivity index (χ4v) is 4.57. The van der Waals surface area contributed by atoms with Gasteiger partial charge in [0.05, 0.1) is 29.5 Å². The van der Waals surface area contributed by atoms with E-state index in [1.807, 2.05) is 5.01 Å². The Kier molecular flexibility index (Phi) is 8.07. The predicted octanol–water partition coefficient (Wildman–Crippen LogP) is 4.65. The number of carbonyl (C=O) groups excluding carboxylic acids is 2. The average Bonchev–Trinajstić information content (AvgIpc) is 3.24. The Bertz CT molecular complexity index is 1220. The molecule has 1 amide bonds. The summed E-state index contributed by atoms with van der Waals surface area (Å²) >= 11 is 12.6. The molecule has 2 N–H and O–H groups in total. The van der Waals surface area contributed by atoms with Gasteiger partial charge in [-0.2, -0.15) is 0 Å². The maximum absolute atomic E-state index is 13.2. The molecule has 10 heteroatoms. The van der Waals surface area contributed by atoms with Crippen molar-refractivity contribution in [2.75, 3.05) is 19.7 Å². The first-order valence-corrected chi connectivity index (χ1v) is 12.2. The summed E-state index contributed by atoms with van der Waals surface area (Å²) in [6.45, 7) is 3.08. The molecule has 4 rings (SSSR count). The van der Waals surface area contributed by atoms with E-state index >= 15 is 0 Å². The molecule has 1 aromatic heterocycles. The molecule has 1 aliphatic rings. The van der Waals surface area contributed by atoms with Gasteiger partial charge >= 0.3 is 5.97 Å². The van der Waals surface area contributed by atoms with Crippen LogP contribution in [0, 0.1) is 0 Å². The normalized spacial score (nSPS) is 14.1. The van der Waals surface area contributed by atoms with Gasteiger partial charge in [0, 0.05) is 29.4 Å². The summed E-state index contributed by atoms with van der Waals surface area (Å²) in [5.74, 6) is -0.484. The molecule has 8 nitrogen and oxygen atoms in total. The maximum Gasteiger partial charge on any atom is 0.338 e. The SMILES string of the molecule is CCOC(=O)c1ccc(-n2c(-c3ccc(Cl)cc3Cl)nc(C(=O)NN3CCCCC3)c2CO)cc1. The number of piperidine rings is 1. The first-order chi connectivity index (χ1) is 16.9. The van der Waals surface area contributed by atoms with Crippen LogP contribution in [0.5, 0.6) is 0 Å². The zero-order chi connectivity index (χ0) is 24.9. The van der Waals surface area contributed by atoms with Crippen LogP contribution >= 0.6 is 23.2 Å². The van der Waals surface area contributed by atoms with Crippen LogP contribution in [-0.4, -0.2) is 51.2 Å². The van der Waals surface area contributed by atoms with E-state index in [0.29, 0.717) is 38.4 Å². The molecule has 0 bridgehead atoms. The Hall–Kier alpha value is -2.91. The van der Waals surface area contributed by atoms with Crippen molar-refractivity contribution in [3.63, 3.8) is 0 Å². The Morgan fingerprint density at radius 3 is 2.43 bits per heavy atom. The largest absolute Gasteiger partial charge is 0.462 e. The van der Waals surface area contributed by atoms with Gasteiger partial charge in [0.25, 0.3) is 5.91 Å². The van der Waals surface area contributed by atoms with E-state index in [2.05, 4.69) is 10.4 Å². The maximum atomic E-state index is 13.2. The monoisotopic (exact) mass is 516 g/mol. The molecular formula is C25H26Cl2N4O4. The van der Waals surface area contributed by atoms with Crippen molar-refractivity contribution in [3.05, 3.63) is 69.5 Å². The number of nitrogens with zero attached hydrogens (tertiary/aromatic N) is 3. The minimum absolute atomic E-state index is 0.0913. The molecule has 3 aromatic rings. The van der Waals surface area contributed by atoms with Crippen LogP contribution in [0.1, 0.15) is 52.7 Å². The van der Waals surface area contributed by atoms with Gasteiger partial charge in [-0.05, 0) is 62.2 Å². The van der Waals surface area contributed by atoms with E-state index in [-0.39, 0.29) is 12.3 Å². The minimum atomic E-state index is -0.444. The summed E-state index contributed by atoms with van der Waals surface area (Å²) < 4.78 is 6.72. The summed E-state index contributed by atoms with van der Waals surface area (Å²) in [7, 11) is 0. The Morgan fingerprint density at radius 1 is 1.09 bits per heavy atom. The first kappa shape index (κ1) is 25.2. The van der Waals surface area contributed by atoms with Crippen molar-refractivity contribution in [2.24, 2.45) is 0 Å². The summed E-state index contributed by atoms with van der Waals surface area (Å²) in [4.78, 5) is 29.9. The smallest absolute Gasteiger partial charge is 0.338 e. The number of aliphatic hydroxyl groups excluding tert-OH is 1. The Labute approximate surface area is 213 Å². The molecule has 35 heavy (non-hydrogen) atoms. The van der Waals surface area contributed by atoms with Crippen molar-refractivity contribution in [3.8, 4) is 17.1 Å². The Balaban J connectivity index is 1.81. The fourth-order valence-electron chi connectivity index (χ4n) is 4.07. The van der Waals surface area contributed by atoms with Crippen molar-refractivity contribution >= 4 is 35.1 Å². The number of aromatic nitrogens is 2. The zero-order valence-corrected chi connectivity index (χ0v) is 20.8. The number of ether oxygens (including phenoxy) is 1. The van der Waals surface area contributed by atoms with E-state index in [1.54, 1.807) is 54.0 Å². The van der Waals surface area contributed by atoms with Crippen molar-refractivity contribution in [1.82, 2.24) is 20.0 Å². The van der Waals surface area contributed by atoms with Gasteiger partial charge in [-0.25, -0.2) is 14.8 Å². The molecule has 0 radical (unpaired) electrons. The molecule has 2 heterocycles.